The molecule has 1 aromatic carbocycles. The van der Waals surface area contributed by atoms with Crippen LogP contribution in [0.1, 0.15) is 32.0 Å². The summed E-state index contributed by atoms with van der Waals surface area (Å²) in [6.07, 6.45) is 0.955. The van der Waals surface area contributed by atoms with Crippen LogP contribution >= 0.6 is 0 Å². The maximum Gasteiger partial charge on any atom is 0.155 e. The van der Waals surface area contributed by atoms with Gasteiger partial charge >= 0.3 is 0 Å². The van der Waals surface area contributed by atoms with E-state index in [0.717, 1.165) is 48.2 Å². The van der Waals surface area contributed by atoms with Gasteiger partial charge in [0.05, 0.1) is 23.7 Å². The number of benzene rings is 1. The normalized spacial score (nSPS) is 14.8. The lowest BCUT2D eigenvalue weighted by molar-refractivity contribution is 0.322. The Morgan fingerprint density at radius 2 is 2.05 bits per heavy atom. The molecular formula is C16H22N4O. The average molecular weight is 286 g/mol. The highest BCUT2D eigenvalue weighted by molar-refractivity contribution is 5.76. The van der Waals surface area contributed by atoms with Crippen molar-refractivity contribution in [2.75, 3.05) is 23.8 Å². The fraction of sp³-hybridized carbons (Fsp3) is 0.438. The number of hydrogen-bond donors (Lipinski definition) is 1. The van der Waals surface area contributed by atoms with Crippen molar-refractivity contribution >= 4 is 17.2 Å². The van der Waals surface area contributed by atoms with Gasteiger partial charge < -0.3 is 15.4 Å². The van der Waals surface area contributed by atoms with E-state index in [9.17, 15) is 0 Å². The summed E-state index contributed by atoms with van der Waals surface area (Å²) in [5.74, 6) is 1.88. The van der Waals surface area contributed by atoms with Crippen molar-refractivity contribution < 1.29 is 4.74 Å². The Labute approximate surface area is 125 Å². The number of nitrogen functional groups attached to an aromatic ring is 1. The van der Waals surface area contributed by atoms with Gasteiger partial charge in [-0.1, -0.05) is 12.1 Å². The molecule has 21 heavy (non-hydrogen) atoms. The number of rotatable bonds is 2. The van der Waals surface area contributed by atoms with E-state index in [0.29, 0.717) is 0 Å². The Kier molecular flexibility index (Phi) is 3.49. The maximum atomic E-state index is 6.31. The summed E-state index contributed by atoms with van der Waals surface area (Å²) < 4.78 is 7.84. The fourth-order valence-electron chi connectivity index (χ4n) is 2.72. The van der Waals surface area contributed by atoms with Crippen LogP contribution in [0.25, 0.3) is 0 Å². The number of ether oxygens (including phenoxy) is 1. The molecule has 0 amide bonds. The molecule has 0 unspecified atom stereocenters. The van der Waals surface area contributed by atoms with Gasteiger partial charge in [-0.25, -0.2) is 4.68 Å². The molecule has 2 aromatic rings. The molecule has 1 aliphatic heterocycles. The molecule has 0 spiro atoms. The molecule has 5 heteroatoms. The summed E-state index contributed by atoms with van der Waals surface area (Å²) in [4.78, 5) is 2.23. The van der Waals surface area contributed by atoms with Crippen LogP contribution in [-0.4, -0.2) is 22.9 Å². The Hall–Kier alpha value is -2.17. The van der Waals surface area contributed by atoms with Gasteiger partial charge in [0.1, 0.15) is 5.75 Å². The van der Waals surface area contributed by atoms with E-state index in [4.69, 9.17) is 10.5 Å². The molecule has 5 nitrogen and oxygen atoms in total. The molecule has 1 aliphatic rings. The molecular weight excluding hydrogens is 264 g/mol. The topological polar surface area (TPSA) is 56.3 Å². The van der Waals surface area contributed by atoms with E-state index in [2.05, 4.69) is 29.9 Å². The molecule has 112 valence electrons. The number of hydrogen-bond acceptors (Lipinski definition) is 4. The number of fused-ring (bicyclic) bond motifs is 1. The first-order valence-electron chi connectivity index (χ1n) is 7.43. The Balaban J connectivity index is 2.16. The molecule has 0 atom stereocenters. The molecule has 2 heterocycles. The van der Waals surface area contributed by atoms with Gasteiger partial charge in [-0.15, -0.1) is 0 Å². The largest absolute Gasteiger partial charge is 0.491 e. The molecule has 0 bridgehead atoms. The maximum absolute atomic E-state index is 6.31. The van der Waals surface area contributed by atoms with E-state index in [1.807, 2.05) is 29.8 Å². The molecule has 0 saturated heterocycles. The molecule has 0 saturated carbocycles. The molecule has 3 rings (SSSR count). The predicted molar refractivity (Wildman–Crippen MR) is 85.3 cm³/mol. The van der Waals surface area contributed by atoms with Gasteiger partial charge in [-0.05, 0) is 39.3 Å². The van der Waals surface area contributed by atoms with Crippen molar-refractivity contribution in [3.05, 3.63) is 30.0 Å². The zero-order valence-electron chi connectivity index (χ0n) is 12.8. The number of nitrogens with two attached hydrogens (primary N) is 1. The Morgan fingerprint density at radius 1 is 1.29 bits per heavy atom. The van der Waals surface area contributed by atoms with Crippen LogP contribution in [0.4, 0.5) is 17.2 Å². The average Bonchev–Trinajstić information content (AvgIpc) is 2.65. The van der Waals surface area contributed by atoms with Gasteiger partial charge in [0.25, 0.3) is 0 Å². The van der Waals surface area contributed by atoms with Gasteiger partial charge in [0.2, 0.25) is 0 Å². The molecule has 0 radical (unpaired) electrons. The highest BCUT2D eigenvalue weighted by Crippen LogP contribution is 2.40. The first-order chi connectivity index (χ1) is 10.1. The second-order valence-corrected chi connectivity index (χ2v) is 5.68. The van der Waals surface area contributed by atoms with E-state index >= 15 is 0 Å². The lowest BCUT2D eigenvalue weighted by atomic mass is 10.2. The highest BCUT2D eigenvalue weighted by atomic mass is 16.5. The Bertz CT molecular complexity index is 648. The van der Waals surface area contributed by atoms with Gasteiger partial charge in [-0.3, -0.25) is 0 Å². The lowest BCUT2D eigenvalue weighted by Gasteiger charge is -2.26. The van der Waals surface area contributed by atoms with Crippen LogP contribution in [0.2, 0.25) is 0 Å². The van der Waals surface area contributed by atoms with E-state index < -0.39 is 0 Å². The molecule has 0 aliphatic carbocycles. The van der Waals surface area contributed by atoms with Gasteiger partial charge in [0.15, 0.2) is 5.82 Å². The number of nitrogens with zero attached hydrogens (tertiary/aromatic N) is 3. The minimum atomic E-state index is 0.257. The Morgan fingerprint density at radius 3 is 2.81 bits per heavy atom. The third-order valence-corrected chi connectivity index (χ3v) is 3.79. The summed E-state index contributed by atoms with van der Waals surface area (Å²) in [6.45, 7) is 7.80. The smallest absolute Gasteiger partial charge is 0.155 e. The SMILES string of the molecule is Cc1nn(C(C)C)c(N2CCCOc3ccccc32)c1N. The van der Waals surface area contributed by atoms with E-state index in [1.165, 1.54) is 0 Å². The van der Waals surface area contributed by atoms with Crippen molar-refractivity contribution in [3.63, 3.8) is 0 Å². The summed E-state index contributed by atoms with van der Waals surface area (Å²) in [5.41, 5.74) is 9.00. The zero-order chi connectivity index (χ0) is 15.0. The lowest BCUT2D eigenvalue weighted by Crippen LogP contribution is -2.23. The zero-order valence-corrected chi connectivity index (χ0v) is 12.8. The monoisotopic (exact) mass is 286 g/mol. The second kappa shape index (κ2) is 5.31. The van der Waals surface area contributed by atoms with Gasteiger partial charge in [-0.2, -0.15) is 5.10 Å². The number of aromatic nitrogens is 2. The van der Waals surface area contributed by atoms with Crippen LogP contribution in [0, 0.1) is 6.92 Å². The quantitative estimate of drug-likeness (QED) is 0.920. The number of aryl methyl sites for hydroxylation is 1. The second-order valence-electron chi connectivity index (χ2n) is 5.68. The summed E-state index contributed by atoms with van der Waals surface area (Å²) >= 11 is 0. The molecule has 2 N–H and O–H groups in total. The van der Waals surface area contributed by atoms with Crippen LogP contribution in [0.5, 0.6) is 5.75 Å². The third-order valence-electron chi connectivity index (χ3n) is 3.79. The minimum absolute atomic E-state index is 0.257. The fourth-order valence-corrected chi connectivity index (χ4v) is 2.72. The van der Waals surface area contributed by atoms with Crippen molar-refractivity contribution in [2.45, 2.75) is 33.2 Å². The van der Waals surface area contributed by atoms with Crippen LogP contribution < -0.4 is 15.4 Å². The van der Waals surface area contributed by atoms with Crippen molar-refractivity contribution in [2.24, 2.45) is 0 Å². The van der Waals surface area contributed by atoms with Crippen LogP contribution in [0.15, 0.2) is 24.3 Å². The first-order valence-corrected chi connectivity index (χ1v) is 7.43. The van der Waals surface area contributed by atoms with Gasteiger partial charge in [0, 0.05) is 12.6 Å². The van der Waals surface area contributed by atoms with Crippen LogP contribution in [-0.2, 0) is 0 Å². The molecule has 1 aromatic heterocycles. The summed E-state index contributed by atoms with van der Waals surface area (Å²) in [5, 5.41) is 4.60. The highest BCUT2D eigenvalue weighted by Gasteiger charge is 2.25. The minimum Gasteiger partial charge on any atom is -0.491 e. The van der Waals surface area contributed by atoms with E-state index in [1.54, 1.807) is 0 Å². The van der Waals surface area contributed by atoms with Crippen molar-refractivity contribution in [1.29, 1.82) is 0 Å². The number of anilines is 3. The standard InChI is InChI=1S/C16H22N4O/c1-11(2)20-16(15(17)12(3)18-20)19-9-6-10-21-14-8-5-4-7-13(14)19/h4-5,7-8,11H,6,9-10,17H2,1-3H3. The first kappa shape index (κ1) is 13.8. The summed E-state index contributed by atoms with van der Waals surface area (Å²) in [6, 6.07) is 8.36. The van der Waals surface area contributed by atoms with E-state index in [-0.39, 0.29) is 6.04 Å². The van der Waals surface area contributed by atoms with Crippen molar-refractivity contribution in [3.8, 4) is 5.75 Å². The summed E-state index contributed by atoms with van der Waals surface area (Å²) in [7, 11) is 0. The molecule has 0 fully saturated rings. The van der Waals surface area contributed by atoms with Crippen LogP contribution in [0.3, 0.4) is 0 Å². The third kappa shape index (κ3) is 2.33. The van der Waals surface area contributed by atoms with Crippen molar-refractivity contribution in [1.82, 2.24) is 9.78 Å². The predicted octanol–water partition coefficient (Wildman–Crippen LogP) is 3.28. The number of para-hydroxylation sites is 2.